The maximum Gasteiger partial charge on any atom is 0.242 e. The van der Waals surface area contributed by atoms with Gasteiger partial charge in [0.2, 0.25) is 15.9 Å². The van der Waals surface area contributed by atoms with Crippen LogP contribution < -0.4 is 15.8 Å². The SMILES string of the molecule is CCCS(=O)(=O)N[C@@H](Cc1cccc(C(=N)N)c1)C(=O)Nc1ccc(-c2ccccc2C#N)cc1. The average Bonchev–Trinajstić information content (AvgIpc) is 2.84. The Balaban J connectivity index is 1.82. The van der Waals surface area contributed by atoms with Gasteiger partial charge < -0.3 is 11.1 Å². The normalized spacial score (nSPS) is 11.9. The van der Waals surface area contributed by atoms with Gasteiger partial charge in [0.25, 0.3) is 0 Å². The van der Waals surface area contributed by atoms with E-state index >= 15 is 0 Å². The number of sulfonamides is 1. The molecular formula is C26H27N5O3S. The highest BCUT2D eigenvalue weighted by Crippen LogP contribution is 2.25. The molecule has 0 aliphatic carbocycles. The molecule has 0 aliphatic heterocycles. The number of rotatable bonds is 10. The maximum atomic E-state index is 13.1. The molecule has 180 valence electrons. The number of carbonyl (C=O) groups is 1. The highest BCUT2D eigenvalue weighted by molar-refractivity contribution is 7.89. The van der Waals surface area contributed by atoms with Crippen LogP contribution in [0.15, 0.2) is 72.8 Å². The van der Waals surface area contributed by atoms with Crippen molar-refractivity contribution in [2.24, 2.45) is 5.73 Å². The van der Waals surface area contributed by atoms with Crippen LogP contribution in [0.3, 0.4) is 0 Å². The predicted octanol–water partition coefficient (Wildman–Crippen LogP) is 3.39. The fraction of sp³-hybridized carbons (Fsp3) is 0.192. The number of carbonyl (C=O) groups excluding carboxylic acids is 1. The lowest BCUT2D eigenvalue weighted by Crippen LogP contribution is -2.46. The summed E-state index contributed by atoms with van der Waals surface area (Å²) in [4.78, 5) is 13.1. The molecule has 1 amide bonds. The molecule has 0 aliphatic rings. The van der Waals surface area contributed by atoms with E-state index in [1.54, 1.807) is 67.6 Å². The van der Waals surface area contributed by atoms with Gasteiger partial charge in [-0.05, 0) is 53.8 Å². The highest BCUT2D eigenvalue weighted by atomic mass is 32.2. The molecule has 0 bridgehead atoms. The molecule has 1 atom stereocenters. The summed E-state index contributed by atoms with van der Waals surface area (Å²) in [5.41, 5.74) is 9.36. The Morgan fingerprint density at radius 2 is 1.80 bits per heavy atom. The highest BCUT2D eigenvalue weighted by Gasteiger charge is 2.25. The van der Waals surface area contributed by atoms with Crippen molar-refractivity contribution in [1.82, 2.24) is 4.72 Å². The number of nitrogens with zero attached hydrogens (tertiary/aromatic N) is 1. The van der Waals surface area contributed by atoms with Crippen LogP contribution in [0.1, 0.15) is 30.0 Å². The van der Waals surface area contributed by atoms with E-state index in [-0.39, 0.29) is 18.0 Å². The van der Waals surface area contributed by atoms with Crippen LogP contribution in [0.5, 0.6) is 0 Å². The van der Waals surface area contributed by atoms with Crippen molar-refractivity contribution in [3.63, 3.8) is 0 Å². The van der Waals surface area contributed by atoms with E-state index in [4.69, 9.17) is 11.1 Å². The zero-order chi connectivity index (χ0) is 25.4. The van der Waals surface area contributed by atoms with Gasteiger partial charge in [-0.2, -0.15) is 5.26 Å². The van der Waals surface area contributed by atoms with Crippen LogP contribution in [0.2, 0.25) is 0 Å². The number of nitriles is 1. The molecule has 9 heteroatoms. The lowest BCUT2D eigenvalue weighted by molar-refractivity contribution is -0.117. The van der Waals surface area contributed by atoms with Crippen molar-refractivity contribution < 1.29 is 13.2 Å². The molecule has 3 aromatic rings. The second-order valence-electron chi connectivity index (χ2n) is 8.03. The second kappa shape index (κ2) is 11.4. The van der Waals surface area contributed by atoms with Gasteiger partial charge in [0.05, 0.1) is 17.4 Å². The van der Waals surface area contributed by atoms with Crippen LogP contribution in [0, 0.1) is 16.7 Å². The molecule has 3 aromatic carbocycles. The topological polar surface area (TPSA) is 149 Å². The van der Waals surface area contributed by atoms with E-state index in [9.17, 15) is 18.5 Å². The fourth-order valence-corrected chi connectivity index (χ4v) is 4.91. The van der Waals surface area contributed by atoms with E-state index in [2.05, 4.69) is 16.1 Å². The molecular weight excluding hydrogens is 462 g/mol. The third-order valence-electron chi connectivity index (χ3n) is 5.30. The summed E-state index contributed by atoms with van der Waals surface area (Å²) in [6, 6.07) is 22.1. The van der Waals surface area contributed by atoms with Crippen LogP contribution in [-0.4, -0.2) is 32.0 Å². The number of nitrogens with one attached hydrogen (secondary N) is 3. The van der Waals surface area contributed by atoms with E-state index in [1.165, 1.54) is 0 Å². The minimum atomic E-state index is -3.67. The number of amides is 1. The molecule has 8 nitrogen and oxygen atoms in total. The monoisotopic (exact) mass is 489 g/mol. The molecule has 0 heterocycles. The van der Waals surface area contributed by atoms with Crippen molar-refractivity contribution >= 4 is 27.5 Å². The minimum absolute atomic E-state index is 0.0868. The van der Waals surface area contributed by atoms with E-state index in [0.29, 0.717) is 28.8 Å². The first-order valence-electron chi connectivity index (χ1n) is 11.1. The number of hydrogen-bond donors (Lipinski definition) is 4. The van der Waals surface area contributed by atoms with Crippen molar-refractivity contribution in [2.75, 3.05) is 11.1 Å². The molecule has 0 unspecified atom stereocenters. The van der Waals surface area contributed by atoms with E-state index in [1.807, 2.05) is 12.1 Å². The Bertz CT molecular complexity index is 1360. The lowest BCUT2D eigenvalue weighted by atomic mass is 10.00. The summed E-state index contributed by atoms with van der Waals surface area (Å²) in [5.74, 6) is -0.724. The third-order valence-corrected chi connectivity index (χ3v) is 6.89. The number of hydrogen-bond acceptors (Lipinski definition) is 5. The molecule has 0 saturated carbocycles. The zero-order valence-corrected chi connectivity index (χ0v) is 20.1. The third kappa shape index (κ3) is 6.99. The molecule has 5 N–H and O–H groups in total. The van der Waals surface area contributed by atoms with Gasteiger partial charge in [0.1, 0.15) is 11.9 Å². The predicted molar refractivity (Wildman–Crippen MR) is 137 cm³/mol. The van der Waals surface area contributed by atoms with Crippen molar-refractivity contribution in [1.29, 1.82) is 10.7 Å². The Morgan fingerprint density at radius 3 is 2.46 bits per heavy atom. The van der Waals surface area contributed by atoms with Crippen molar-refractivity contribution in [2.45, 2.75) is 25.8 Å². The minimum Gasteiger partial charge on any atom is -0.384 e. The summed E-state index contributed by atoms with van der Waals surface area (Å²) in [7, 11) is -3.67. The fourth-order valence-electron chi connectivity index (χ4n) is 3.63. The number of nitrogen functional groups attached to an aromatic ring is 1. The quantitative estimate of drug-likeness (QED) is 0.254. The number of benzene rings is 3. The first kappa shape index (κ1) is 25.6. The molecule has 0 aromatic heterocycles. The molecule has 0 spiro atoms. The van der Waals surface area contributed by atoms with Gasteiger partial charge in [-0.15, -0.1) is 0 Å². The van der Waals surface area contributed by atoms with Gasteiger partial charge in [-0.25, -0.2) is 13.1 Å². The smallest absolute Gasteiger partial charge is 0.242 e. The van der Waals surface area contributed by atoms with Crippen LogP contribution in [0.4, 0.5) is 5.69 Å². The standard InChI is InChI=1S/C26H27N5O3S/c1-2-14-35(33,34)31-24(16-18-6-5-8-20(15-18)25(28)29)26(32)30-22-12-10-19(11-13-22)23-9-4-3-7-21(23)17-27/h3-13,15,24,31H,2,14,16H2,1H3,(H3,28,29)(H,30,32)/t24-/m0/s1. The second-order valence-corrected chi connectivity index (χ2v) is 9.90. The van der Waals surface area contributed by atoms with Gasteiger partial charge in [0.15, 0.2) is 0 Å². The summed E-state index contributed by atoms with van der Waals surface area (Å²) in [6.45, 7) is 1.75. The van der Waals surface area contributed by atoms with Gasteiger partial charge >= 0.3 is 0 Å². The Labute approximate surface area is 205 Å². The molecule has 0 radical (unpaired) electrons. The lowest BCUT2D eigenvalue weighted by Gasteiger charge is -2.19. The van der Waals surface area contributed by atoms with E-state index < -0.39 is 22.0 Å². The Kier molecular flexibility index (Phi) is 8.36. The first-order valence-corrected chi connectivity index (χ1v) is 12.7. The van der Waals surface area contributed by atoms with Gasteiger partial charge in [0, 0.05) is 11.3 Å². The van der Waals surface area contributed by atoms with Crippen LogP contribution >= 0.6 is 0 Å². The molecule has 3 rings (SSSR count). The summed E-state index contributed by atoms with van der Waals surface area (Å²) in [5, 5.41) is 19.7. The summed E-state index contributed by atoms with van der Waals surface area (Å²) < 4.78 is 27.4. The Hall–Kier alpha value is -4.00. The Morgan fingerprint density at radius 1 is 1.09 bits per heavy atom. The first-order chi connectivity index (χ1) is 16.7. The molecule has 0 saturated heterocycles. The number of amidine groups is 1. The van der Waals surface area contributed by atoms with Crippen molar-refractivity contribution in [3.05, 3.63) is 89.5 Å². The molecule has 35 heavy (non-hydrogen) atoms. The number of anilines is 1. The summed E-state index contributed by atoms with van der Waals surface area (Å²) in [6.07, 6.45) is 0.499. The van der Waals surface area contributed by atoms with Crippen molar-refractivity contribution in [3.8, 4) is 17.2 Å². The van der Waals surface area contributed by atoms with Crippen LogP contribution in [-0.2, 0) is 21.2 Å². The largest absolute Gasteiger partial charge is 0.384 e. The van der Waals surface area contributed by atoms with E-state index in [0.717, 1.165) is 11.1 Å². The zero-order valence-electron chi connectivity index (χ0n) is 19.3. The average molecular weight is 490 g/mol. The van der Waals surface area contributed by atoms with Gasteiger partial charge in [-0.1, -0.05) is 55.5 Å². The summed E-state index contributed by atoms with van der Waals surface area (Å²) >= 11 is 0. The van der Waals surface area contributed by atoms with Gasteiger partial charge in [-0.3, -0.25) is 10.2 Å². The molecule has 0 fully saturated rings. The number of nitrogens with two attached hydrogens (primary N) is 1. The van der Waals surface area contributed by atoms with Crippen LogP contribution in [0.25, 0.3) is 11.1 Å². The maximum absolute atomic E-state index is 13.1.